The Morgan fingerprint density at radius 3 is 1.61 bits per heavy atom. The summed E-state index contributed by atoms with van der Waals surface area (Å²) in [4.78, 5) is 5.00. The van der Waals surface area contributed by atoms with Crippen LogP contribution in [0.4, 0.5) is 28.4 Å². The summed E-state index contributed by atoms with van der Waals surface area (Å²) in [5.74, 6) is 0. The minimum Gasteiger partial charge on any atom is -0.310 e. The van der Waals surface area contributed by atoms with Gasteiger partial charge in [-0.25, -0.2) is 0 Å². The standard InChI is InChI=1S/C49H36N2/c1-2-14-33(15-3-1)34-26-28-35(29-27-34)50-45-22-10-12-24-47(45)51(48-25-13-11-23-46(48)50)36-30-31-40-39-18-6-9-21-43(39)49(44(40)32-36)41-19-7-4-16-37(41)38-17-5-8-20-42(38)49/h1-4,6-16,18-29,32H,5,17,30-31H2. The number of benzene rings is 6. The fourth-order valence-electron chi connectivity index (χ4n) is 9.78. The molecule has 6 aromatic carbocycles. The van der Waals surface area contributed by atoms with Gasteiger partial charge in [-0.2, -0.15) is 0 Å². The van der Waals surface area contributed by atoms with E-state index in [0.29, 0.717) is 0 Å². The highest BCUT2D eigenvalue weighted by atomic mass is 15.3. The normalized spacial score (nSPS) is 19.3. The first kappa shape index (κ1) is 28.7. The lowest BCUT2D eigenvalue weighted by molar-refractivity contribution is 0.761. The Kier molecular flexibility index (Phi) is 6.15. The maximum absolute atomic E-state index is 2.59. The molecule has 0 saturated heterocycles. The summed E-state index contributed by atoms with van der Waals surface area (Å²) < 4.78 is 0. The Hall–Kier alpha value is -6.12. The predicted molar refractivity (Wildman–Crippen MR) is 212 cm³/mol. The molecule has 0 N–H and O–H groups in total. The van der Waals surface area contributed by atoms with Crippen LogP contribution in [0.15, 0.2) is 187 Å². The molecular formula is C49H36N2. The van der Waals surface area contributed by atoms with Crippen LogP contribution >= 0.6 is 0 Å². The summed E-state index contributed by atoms with van der Waals surface area (Å²) in [6.45, 7) is 0. The minimum absolute atomic E-state index is 0.290. The molecule has 6 aromatic rings. The number of hydrogen-bond donors (Lipinski definition) is 0. The molecule has 11 rings (SSSR count). The Morgan fingerprint density at radius 2 is 0.961 bits per heavy atom. The van der Waals surface area contributed by atoms with Crippen LogP contribution in [0.5, 0.6) is 0 Å². The van der Waals surface area contributed by atoms with Gasteiger partial charge in [0.05, 0.1) is 28.2 Å². The number of fused-ring (bicyclic) bond motifs is 10. The fraction of sp³-hybridized carbons (Fsp3) is 0.102. The number of nitrogens with zero attached hydrogens (tertiary/aromatic N) is 2. The molecule has 1 unspecified atom stereocenters. The molecular weight excluding hydrogens is 617 g/mol. The highest BCUT2D eigenvalue weighted by molar-refractivity contribution is 6.01. The van der Waals surface area contributed by atoms with E-state index in [9.17, 15) is 0 Å². The van der Waals surface area contributed by atoms with Gasteiger partial charge in [0, 0.05) is 11.4 Å². The van der Waals surface area contributed by atoms with E-state index < -0.39 is 0 Å². The second-order valence-electron chi connectivity index (χ2n) is 14.3. The van der Waals surface area contributed by atoms with Gasteiger partial charge >= 0.3 is 0 Å². The molecule has 2 heteroatoms. The molecule has 1 aliphatic heterocycles. The van der Waals surface area contributed by atoms with Crippen LogP contribution in [-0.2, 0) is 5.41 Å². The van der Waals surface area contributed by atoms with Gasteiger partial charge in [0.25, 0.3) is 0 Å². The molecule has 0 saturated carbocycles. The molecule has 1 spiro atoms. The summed E-state index contributed by atoms with van der Waals surface area (Å²) in [5, 5.41) is 0. The van der Waals surface area contributed by atoms with Crippen LogP contribution in [0.25, 0.3) is 22.3 Å². The van der Waals surface area contributed by atoms with E-state index in [2.05, 4.69) is 180 Å². The maximum Gasteiger partial charge on any atom is 0.0719 e. The second-order valence-corrected chi connectivity index (χ2v) is 14.3. The molecule has 0 bridgehead atoms. The zero-order valence-electron chi connectivity index (χ0n) is 28.4. The SMILES string of the molecule is C1=CC2=C(CC1)c1ccccc1C21C2=C(CCC(N3c4ccccc4N(c4ccc(-c5ccccc5)cc4)c4ccccc43)=C2)c2ccccc21. The van der Waals surface area contributed by atoms with Crippen LogP contribution in [0.3, 0.4) is 0 Å². The molecule has 5 aliphatic rings. The summed E-state index contributed by atoms with van der Waals surface area (Å²) in [6, 6.07) is 56.0. The van der Waals surface area contributed by atoms with Crippen molar-refractivity contribution in [1.29, 1.82) is 0 Å². The molecule has 51 heavy (non-hydrogen) atoms. The maximum atomic E-state index is 2.59. The van der Waals surface area contributed by atoms with Crippen LogP contribution in [0, 0.1) is 0 Å². The molecule has 0 fully saturated rings. The van der Waals surface area contributed by atoms with Crippen LogP contribution in [-0.4, -0.2) is 0 Å². The summed E-state index contributed by atoms with van der Waals surface area (Å²) >= 11 is 0. The van der Waals surface area contributed by atoms with Crippen LogP contribution in [0.1, 0.15) is 47.9 Å². The third kappa shape index (κ3) is 3.93. The first-order valence-electron chi connectivity index (χ1n) is 18.3. The predicted octanol–water partition coefficient (Wildman–Crippen LogP) is 12.8. The van der Waals surface area contributed by atoms with Crippen molar-refractivity contribution in [2.75, 3.05) is 9.80 Å². The Morgan fingerprint density at radius 1 is 0.431 bits per heavy atom. The van der Waals surface area contributed by atoms with Crippen molar-refractivity contribution < 1.29 is 0 Å². The van der Waals surface area contributed by atoms with Gasteiger partial charge in [-0.15, -0.1) is 0 Å². The summed E-state index contributed by atoms with van der Waals surface area (Å²) in [5.41, 5.74) is 21.2. The summed E-state index contributed by atoms with van der Waals surface area (Å²) in [7, 11) is 0. The van der Waals surface area contributed by atoms with Gasteiger partial charge < -0.3 is 9.80 Å². The van der Waals surface area contributed by atoms with Crippen molar-refractivity contribution in [3.8, 4) is 11.1 Å². The Balaban J connectivity index is 1.09. The Bertz CT molecular complexity index is 2470. The average Bonchev–Trinajstić information content (AvgIpc) is 3.67. The quantitative estimate of drug-likeness (QED) is 0.188. The van der Waals surface area contributed by atoms with Gasteiger partial charge in [-0.05, 0) is 124 Å². The van der Waals surface area contributed by atoms with Gasteiger partial charge in [0.2, 0.25) is 0 Å². The third-order valence-corrected chi connectivity index (χ3v) is 11.8. The molecule has 1 atom stereocenters. The highest BCUT2D eigenvalue weighted by Crippen LogP contribution is 2.65. The minimum atomic E-state index is -0.290. The van der Waals surface area contributed by atoms with Crippen molar-refractivity contribution in [3.63, 3.8) is 0 Å². The fourth-order valence-corrected chi connectivity index (χ4v) is 9.78. The summed E-state index contributed by atoms with van der Waals surface area (Å²) in [6.07, 6.45) is 11.6. The van der Waals surface area contributed by atoms with E-state index in [-0.39, 0.29) is 5.41 Å². The lowest BCUT2D eigenvalue weighted by Gasteiger charge is -2.42. The molecule has 242 valence electrons. The first-order valence-corrected chi connectivity index (χ1v) is 18.3. The van der Waals surface area contributed by atoms with E-state index in [4.69, 9.17) is 0 Å². The van der Waals surface area contributed by atoms with Gasteiger partial charge in [0.1, 0.15) is 0 Å². The van der Waals surface area contributed by atoms with Gasteiger partial charge in [-0.1, -0.05) is 127 Å². The van der Waals surface area contributed by atoms with Crippen LogP contribution < -0.4 is 9.80 Å². The molecule has 0 radical (unpaired) electrons. The molecule has 1 heterocycles. The number of anilines is 5. The zero-order valence-corrected chi connectivity index (χ0v) is 28.4. The number of hydrogen-bond acceptors (Lipinski definition) is 2. The monoisotopic (exact) mass is 652 g/mol. The van der Waals surface area contributed by atoms with Crippen molar-refractivity contribution in [3.05, 3.63) is 209 Å². The molecule has 0 amide bonds. The smallest absolute Gasteiger partial charge is 0.0719 e. The van der Waals surface area contributed by atoms with E-state index >= 15 is 0 Å². The second kappa shape index (κ2) is 10.9. The highest BCUT2D eigenvalue weighted by Gasteiger charge is 2.53. The van der Waals surface area contributed by atoms with Crippen molar-refractivity contribution in [2.45, 2.75) is 31.1 Å². The van der Waals surface area contributed by atoms with Crippen LogP contribution in [0.2, 0.25) is 0 Å². The van der Waals surface area contributed by atoms with E-state index in [1.807, 2.05) is 0 Å². The van der Waals surface area contributed by atoms with Crippen molar-refractivity contribution >= 4 is 39.6 Å². The van der Waals surface area contributed by atoms with Gasteiger partial charge in [0.15, 0.2) is 0 Å². The van der Waals surface area contributed by atoms with Crippen molar-refractivity contribution in [2.24, 2.45) is 0 Å². The van der Waals surface area contributed by atoms with Gasteiger partial charge in [-0.3, -0.25) is 0 Å². The molecule has 4 aliphatic carbocycles. The molecule has 2 nitrogen and oxygen atoms in total. The lowest BCUT2D eigenvalue weighted by atomic mass is 9.67. The first-order chi connectivity index (χ1) is 25.3. The molecule has 0 aromatic heterocycles. The topological polar surface area (TPSA) is 6.48 Å². The lowest BCUT2D eigenvalue weighted by Crippen LogP contribution is -2.31. The number of para-hydroxylation sites is 4. The number of allylic oxidation sites excluding steroid dienone is 8. The number of rotatable bonds is 3. The van der Waals surface area contributed by atoms with E-state index in [0.717, 1.165) is 31.4 Å². The zero-order chi connectivity index (χ0) is 33.5. The largest absolute Gasteiger partial charge is 0.310 e. The Labute approximate surface area is 299 Å². The third-order valence-electron chi connectivity index (χ3n) is 11.8. The van der Waals surface area contributed by atoms with E-state index in [1.165, 1.54) is 84.1 Å². The van der Waals surface area contributed by atoms with E-state index in [1.54, 1.807) is 0 Å². The average molecular weight is 653 g/mol. The van der Waals surface area contributed by atoms with Crippen molar-refractivity contribution in [1.82, 2.24) is 0 Å².